The Labute approximate surface area is 128 Å². The highest BCUT2D eigenvalue weighted by Gasteiger charge is 2.19. The second-order valence-electron chi connectivity index (χ2n) is 5.60. The minimum Gasteiger partial charge on any atom is -0.310 e. The van der Waals surface area contributed by atoms with Crippen molar-refractivity contribution in [3.8, 4) is 0 Å². The molecule has 0 aromatic heterocycles. The lowest BCUT2D eigenvalue weighted by Gasteiger charge is -2.28. The highest BCUT2D eigenvalue weighted by molar-refractivity contribution is 9.10. The molecule has 1 aliphatic rings. The van der Waals surface area contributed by atoms with Gasteiger partial charge in [-0.3, -0.25) is 10.1 Å². The SMILES string of the molecule is C[C@H](NCc1ccc([N+](=O)[O-])cc1Br)C1CCCCC1. The first-order valence-electron chi connectivity index (χ1n) is 7.24. The molecule has 4 nitrogen and oxygen atoms in total. The van der Waals surface area contributed by atoms with Crippen LogP contribution >= 0.6 is 15.9 Å². The van der Waals surface area contributed by atoms with Crippen LogP contribution in [0.2, 0.25) is 0 Å². The molecule has 2 rings (SSSR count). The average molecular weight is 341 g/mol. The van der Waals surface area contributed by atoms with Crippen LogP contribution in [-0.4, -0.2) is 11.0 Å². The summed E-state index contributed by atoms with van der Waals surface area (Å²) in [6.45, 7) is 2.99. The summed E-state index contributed by atoms with van der Waals surface area (Å²) < 4.78 is 0.801. The summed E-state index contributed by atoms with van der Waals surface area (Å²) in [5.74, 6) is 0.764. The topological polar surface area (TPSA) is 55.2 Å². The number of nitro benzene ring substituents is 1. The smallest absolute Gasteiger partial charge is 0.270 e. The predicted octanol–water partition coefficient (Wildman–Crippen LogP) is 4.42. The van der Waals surface area contributed by atoms with Gasteiger partial charge < -0.3 is 5.32 Å². The van der Waals surface area contributed by atoms with E-state index in [1.54, 1.807) is 12.1 Å². The normalized spacial score (nSPS) is 17.9. The lowest BCUT2D eigenvalue weighted by Crippen LogP contribution is -2.34. The molecular formula is C15H21BrN2O2. The number of nitrogens with one attached hydrogen (secondary N) is 1. The fourth-order valence-electron chi connectivity index (χ4n) is 2.86. The number of halogens is 1. The molecule has 1 saturated carbocycles. The number of benzene rings is 1. The van der Waals surface area contributed by atoms with Crippen LogP contribution < -0.4 is 5.32 Å². The zero-order chi connectivity index (χ0) is 14.5. The van der Waals surface area contributed by atoms with Crippen molar-refractivity contribution in [2.45, 2.75) is 51.6 Å². The molecule has 1 fully saturated rings. The maximum atomic E-state index is 10.7. The van der Waals surface area contributed by atoms with Gasteiger partial charge in [-0.25, -0.2) is 0 Å². The van der Waals surface area contributed by atoms with Crippen molar-refractivity contribution in [2.75, 3.05) is 0 Å². The molecule has 0 unspecified atom stereocenters. The van der Waals surface area contributed by atoms with E-state index < -0.39 is 0 Å². The van der Waals surface area contributed by atoms with Gasteiger partial charge in [0.25, 0.3) is 5.69 Å². The number of hydrogen-bond acceptors (Lipinski definition) is 3. The van der Waals surface area contributed by atoms with Gasteiger partial charge in [0.2, 0.25) is 0 Å². The van der Waals surface area contributed by atoms with Crippen LogP contribution in [0.3, 0.4) is 0 Å². The van der Waals surface area contributed by atoms with Gasteiger partial charge in [-0.15, -0.1) is 0 Å². The summed E-state index contributed by atoms with van der Waals surface area (Å²) in [6, 6.07) is 5.45. The van der Waals surface area contributed by atoms with Crippen LogP contribution in [0.4, 0.5) is 5.69 Å². The van der Waals surface area contributed by atoms with E-state index in [0.717, 1.165) is 22.5 Å². The maximum Gasteiger partial charge on any atom is 0.270 e. The van der Waals surface area contributed by atoms with Crippen LogP contribution in [0.1, 0.15) is 44.6 Å². The first-order chi connectivity index (χ1) is 9.58. The van der Waals surface area contributed by atoms with E-state index in [9.17, 15) is 10.1 Å². The van der Waals surface area contributed by atoms with E-state index in [1.807, 2.05) is 6.07 Å². The zero-order valence-corrected chi connectivity index (χ0v) is 13.4. The number of non-ortho nitro benzene ring substituents is 1. The van der Waals surface area contributed by atoms with E-state index in [4.69, 9.17) is 0 Å². The highest BCUT2D eigenvalue weighted by atomic mass is 79.9. The molecule has 0 saturated heterocycles. The highest BCUT2D eigenvalue weighted by Crippen LogP contribution is 2.27. The van der Waals surface area contributed by atoms with Crippen molar-refractivity contribution in [3.05, 3.63) is 38.3 Å². The summed E-state index contributed by atoms with van der Waals surface area (Å²) in [4.78, 5) is 10.3. The Balaban J connectivity index is 1.91. The van der Waals surface area contributed by atoms with Crippen molar-refractivity contribution in [1.82, 2.24) is 5.32 Å². The second kappa shape index (κ2) is 7.18. The molecular weight excluding hydrogens is 320 g/mol. The van der Waals surface area contributed by atoms with Crippen molar-refractivity contribution in [3.63, 3.8) is 0 Å². The summed E-state index contributed by atoms with van der Waals surface area (Å²) in [5.41, 5.74) is 1.19. The summed E-state index contributed by atoms with van der Waals surface area (Å²) in [7, 11) is 0. The van der Waals surface area contributed by atoms with Gasteiger partial charge in [-0.05, 0) is 37.3 Å². The molecule has 0 spiro atoms. The Morgan fingerprint density at radius 2 is 2.10 bits per heavy atom. The second-order valence-corrected chi connectivity index (χ2v) is 6.45. The monoisotopic (exact) mass is 340 g/mol. The van der Waals surface area contributed by atoms with Crippen molar-refractivity contribution in [1.29, 1.82) is 0 Å². The standard InChI is InChI=1S/C15H21BrN2O2/c1-11(12-5-3-2-4-6-12)17-10-13-7-8-14(18(19)20)9-15(13)16/h7-9,11-12,17H,2-6,10H2,1H3/t11-/m0/s1. The lowest BCUT2D eigenvalue weighted by atomic mass is 9.84. The zero-order valence-electron chi connectivity index (χ0n) is 11.8. The first kappa shape index (κ1) is 15.4. The third-order valence-electron chi connectivity index (χ3n) is 4.22. The third kappa shape index (κ3) is 4.03. The van der Waals surface area contributed by atoms with Crippen molar-refractivity contribution < 1.29 is 4.92 Å². The minimum absolute atomic E-state index is 0.126. The molecule has 0 bridgehead atoms. The summed E-state index contributed by atoms with van der Waals surface area (Å²) in [5, 5.41) is 14.3. The fourth-order valence-corrected chi connectivity index (χ4v) is 3.37. The molecule has 1 aliphatic carbocycles. The molecule has 5 heteroatoms. The van der Waals surface area contributed by atoms with Crippen LogP contribution in [0.25, 0.3) is 0 Å². The lowest BCUT2D eigenvalue weighted by molar-refractivity contribution is -0.384. The molecule has 1 atom stereocenters. The first-order valence-corrected chi connectivity index (χ1v) is 8.03. The molecule has 0 radical (unpaired) electrons. The van der Waals surface area contributed by atoms with Crippen LogP contribution in [-0.2, 0) is 6.54 Å². The summed E-state index contributed by atoms with van der Waals surface area (Å²) >= 11 is 3.42. The fraction of sp³-hybridized carbons (Fsp3) is 0.600. The Bertz CT molecular complexity index is 473. The molecule has 1 aromatic carbocycles. The van der Waals surface area contributed by atoms with Gasteiger partial charge in [0.05, 0.1) is 4.92 Å². The molecule has 110 valence electrons. The van der Waals surface area contributed by atoms with E-state index in [1.165, 1.54) is 32.1 Å². The van der Waals surface area contributed by atoms with Crippen molar-refractivity contribution >= 4 is 21.6 Å². The Kier molecular flexibility index (Phi) is 5.54. The summed E-state index contributed by atoms with van der Waals surface area (Å²) in [6.07, 6.45) is 6.69. The average Bonchev–Trinajstić information content (AvgIpc) is 2.46. The van der Waals surface area contributed by atoms with Crippen LogP contribution in [0, 0.1) is 16.0 Å². The minimum atomic E-state index is -0.368. The molecule has 0 aliphatic heterocycles. The van der Waals surface area contributed by atoms with Gasteiger partial charge in [0, 0.05) is 29.2 Å². The van der Waals surface area contributed by atoms with Gasteiger partial charge in [0.1, 0.15) is 0 Å². The predicted molar refractivity (Wildman–Crippen MR) is 83.7 cm³/mol. The van der Waals surface area contributed by atoms with E-state index in [2.05, 4.69) is 28.2 Å². The van der Waals surface area contributed by atoms with Crippen LogP contribution in [0.5, 0.6) is 0 Å². The van der Waals surface area contributed by atoms with E-state index in [-0.39, 0.29) is 10.6 Å². The number of nitrogens with zero attached hydrogens (tertiary/aromatic N) is 1. The Morgan fingerprint density at radius 1 is 1.40 bits per heavy atom. The van der Waals surface area contributed by atoms with E-state index >= 15 is 0 Å². The largest absolute Gasteiger partial charge is 0.310 e. The number of rotatable bonds is 5. The quantitative estimate of drug-likeness (QED) is 0.637. The van der Waals surface area contributed by atoms with Gasteiger partial charge in [-0.2, -0.15) is 0 Å². The van der Waals surface area contributed by atoms with Crippen LogP contribution in [0.15, 0.2) is 22.7 Å². The molecule has 20 heavy (non-hydrogen) atoms. The van der Waals surface area contributed by atoms with Crippen molar-refractivity contribution in [2.24, 2.45) is 5.92 Å². The third-order valence-corrected chi connectivity index (χ3v) is 4.96. The number of hydrogen-bond donors (Lipinski definition) is 1. The van der Waals surface area contributed by atoms with Gasteiger partial charge in [-0.1, -0.05) is 35.2 Å². The Hall–Kier alpha value is -0.940. The molecule has 1 aromatic rings. The van der Waals surface area contributed by atoms with Gasteiger partial charge in [0.15, 0.2) is 0 Å². The molecule has 0 heterocycles. The van der Waals surface area contributed by atoms with Gasteiger partial charge >= 0.3 is 0 Å². The Morgan fingerprint density at radius 3 is 2.70 bits per heavy atom. The number of nitro groups is 1. The van der Waals surface area contributed by atoms with E-state index in [0.29, 0.717) is 6.04 Å². The maximum absolute atomic E-state index is 10.7. The molecule has 0 amide bonds. The molecule has 1 N–H and O–H groups in total.